The van der Waals surface area contributed by atoms with Crippen molar-refractivity contribution in [2.24, 2.45) is 0 Å². The molecule has 0 aromatic carbocycles. The maximum absolute atomic E-state index is 12.1. The van der Waals surface area contributed by atoms with Gasteiger partial charge >= 0.3 is 0 Å². The normalized spacial score (nSPS) is 12.2. The summed E-state index contributed by atoms with van der Waals surface area (Å²) in [6, 6.07) is 7.55. The number of nitrogens with zero attached hydrogens (tertiary/aromatic N) is 1. The van der Waals surface area contributed by atoms with Crippen molar-refractivity contribution in [3.63, 3.8) is 0 Å². The first-order valence-corrected chi connectivity index (χ1v) is 6.68. The minimum Gasteiger partial charge on any atom is -0.343 e. The smallest absolute Gasteiger partial charge is 0.261 e. The summed E-state index contributed by atoms with van der Waals surface area (Å²) in [6.07, 6.45) is 1.73. The van der Waals surface area contributed by atoms with Crippen molar-refractivity contribution in [2.45, 2.75) is 26.8 Å². The summed E-state index contributed by atoms with van der Waals surface area (Å²) in [5.41, 5.74) is 2.03. The molecule has 0 fully saturated rings. The molecule has 94 valence electrons. The van der Waals surface area contributed by atoms with Gasteiger partial charge in [-0.25, -0.2) is 0 Å². The molecule has 2 aromatic rings. The number of pyridine rings is 1. The molecule has 1 N–H and O–H groups in total. The molecule has 2 heterocycles. The molecule has 3 nitrogen and oxygen atoms in total. The van der Waals surface area contributed by atoms with E-state index < -0.39 is 0 Å². The highest BCUT2D eigenvalue weighted by molar-refractivity contribution is 7.14. The average Bonchev–Trinajstić information content (AvgIpc) is 2.71. The van der Waals surface area contributed by atoms with E-state index in [-0.39, 0.29) is 11.9 Å². The molecule has 0 aliphatic rings. The minimum atomic E-state index is -0.0820. The molecule has 0 spiro atoms. The Morgan fingerprint density at radius 1 is 1.39 bits per heavy atom. The fourth-order valence-corrected chi connectivity index (χ4v) is 2.60. The first kappa shape index (κ1) is 12.8. The highest BCUT2D eigenvalue weighted by Crippen LogP contribution is 2.21. The zero-order valence-corrected chi connectivity index (χ0v) is 11.5. The topological polar surface area (TPSA) is 42.0 Å². The van der Waals surface area contributed by atoms with E-state index in [1.54, 1.807) is 6.20 Å². The fraction of sp³-hybridized carbons (Fsp3) is 0.286. The summed E-state index contributed by atoms with van der Waals surface area (Å²) in [5, 5.41) is 2.96. The molecular formula is C14H16N2OS. The number of carbonyl (C=O) groups is 1. The Morgan fingerprint density at radius 2 is 2.17 bits per heavy atom. The van der Waals surface area contributed by atoms with Gasteiger partial charge in [-0.15, -0.1) is 11.3 Å². The highest BCUT2D eigenvalue weighted by atomic mass is 32.1. The van der Waals surface area contributed by atoms with Crippen LogP contribution in [0.5, 0.6) is 0 Å². The largest absolute Gasteiger partial charge is 0.343 e. The molecule has 4 heteroatoms. The lowest BCUT2D eigenvalue weighted by Gasteiger charge is -2.12. The molecular weight excluding hydrogens is 244 g/mol. The van der Waals surface area contributed by atoms with Gasteiger partial charge in [-0.1, -0.05) is 6.07 Å². The highest BCUT2D eigenvalue weighted by Gasteiger charge is 2.14. The first-order chi connectivity index (χ1) is 8.58. The van der Waals surface area contributed by atoms with Crippen LogP contribution in [0, 0.1) is 13.8 Å². The summed E-state index contributed by atoms with van der Waals surface area (Å²) >= 11 is 1.53. The molecule has 0 saturated heterocycles. The van der Waals surface area contributed by atoms with Crippen LogP contribution in [0.1, 0.15) is 38.8 Å². The number of carbonyl (C=O) groups excluding carboxylic acids is 1. The molecule has 1 atom stereocenters. The van der Waals surface area contributed by atoms with E-state index in [0.29, 0.717) is 0 Å². The van der Waals surface area contributed by atoms with E-state index in [1.807, 2.05) is 45.0 Å². The molecule has 0 radical (unpaired) electrons. The van der Waals surface area contributed by atoms with E-state index in [4.69, 9.17) is 0 Å². The van der Waals surface area contributed by atoms with Crippen LogP contribution in [0.4, 0.5) is 0 Å². The second-order valence-electron chi connectivity index (χ2n) is 4.30. The fourth-order valence-electron chi connectivity index (χ4n) is 1.66. The molecule has 0 aliphatic heterocycles. The van der Waals surface area contributed by atoms with E-state index in [0.717, 1.165) is 16.1 Å². The third kappa shape index (κ3) is 2.76. The van der Waals surface area contributed by atoms with Crippen LogP contribution in [0.15, 0.2) is 30.5 Å². The Balaban J connectivity index is 2.08. The number of aromatic nitrogens is 1. The second-order valence-corrected chi connectivity index (χ2v) is 5.56. The summed E-state index contributed by atoms with van der Waals surface area (Å²) in [5.74, 6) is -0.0330. The summed E-state index contributed by atoms with van der Waals surface area (Å²) in [4.78, 5) is 18.2. The average molecular weight is 260 g/mol. The minimum absolute atomic E-state index is 0.0330. The number of hydrogen-bond acceptors (Lipinski definition) is 3. The summed E-state index contributed by atoms with van der Waals surface area (Å²) < 4.78 is 0. The Kier molecular flexibility index (Phi) is 3.77. The number of thiophene rings is 1. The zero-order valence-electron chi connectivity index (χ0n) is 10.7. The van der Waals surface area contributed by atoms with Crippen molar-refractivity contribution in [2.75, 3.05) is 0 Å². The SMILES string of the molecule is Cc1cc(C(=O)N[C@H](C)c2ccccn2)sc1C. The van der Waals surface area contributed by atoms with Gasteiger partial charge in [0.2, 0.25) is 0 Å². The summed E-state index contributed by atoms with van der Waals surface area (Å²) in [7, 11) is 0. The Bertz CT molecular complexity index is 529. The number of hydrogen-bond donors (Lipinski definition) is 1. The van der Waals surface area contributed by atoms with Crippen LogP contribution in [-0.2, 0) is 0 Å². The maximum Gasteiger partial charge on any atom is 0.261 e. The third-order valence-corrected chi connectivity index (χ3v) is 4.02. The molecule has 18 heavy (non-hydrogen) atoms. The zero-order chi connectivity index (χ0) is 13.1. The molecule has 2 aromatic heterocycles. The summed E-state index contributed by atoms with van der Waals surface area (Å²) in [6.45, 7) is 5.98. The van der Waals surface area contributed by atoms with Crippen LogP contribution < -0.4 is 5.32 Å². The molecule has 0 unspecified atom stereocenters. The molecule has 0 saturated carbocycles. The van der Waals surface area contributed by atoms with Crippen molar-refractivity contribution in [3.8, 4) is 0 Å². The van der Waals surface area contributed by atoms with Crippen LogP contribution in [0.3, 0.4) is 0 Å². The van der Waals surface area contributed by atoms with E-state index in [2.05, 4.69) is 10.3 Å². The van der Waals surface area contributed by atoms with Crippen molar-refractivity contribution >= 4 is 17.2 Å². The van der Waals surface area contributed by atoms with Gasteiger partial charge in [-0.05, 0) is 44.5 Å². The maximum atomic E-state index is 12.1. The second kappa shape index (κ2) is 5.31. The van der Waals surface area contributed by atoms with Crippen LogP contribution in [0.25, 0.3) is 0 Å². The van der Waals surface area contributed by atoms with Gasteiger partial charge in [0.15, 0.2) is 0 Å². The van der Waals surface area contributed by atoms with E-state index in [9.17, 15) is 4.79 Å². The van der Waals surface area contributed by atoms with Gasteiger partial charge in [0, 0.05) is 11.1 Å². The first-order valence-electron chi connectivity index (χ1n) is 5.86. The molecule has 0 aliphatic carbocycles. The Labute approximate surface area is 111 Å². The Hall–Kier alpha value is -1.68. The quantitative estimate of drug-likeness (QED) is 0.920. The lowest BCUT2D eigenvalue weighted by atomic mass is 10.2. The standard InChI is InChI=1S/C14H16N2OS/c1-9-8-13(18-11(9)3)14(17)16-10(2)12-6-4-5-7-15-12/h4-8,10H,1-3H3,(H,16,17)/t10-/m1/s1. The lowest BCUT2D eigenvalue weighted by molar-refractivity contribution is 0.0943. The predicted molar refractivity (Wildman–Crippen MR) is 73.9 cm³/mol. The molecule has 2 rings (SSSR count). The van der Waals surface area contributed by atoms with Gasteiger partial charge in [-0.2, -0.15) is 0 Å². The predicted octanol–water partition coefficient (Wildman–Crippen LogP) is 3.25. The number of rotatable bonds is 3. The lowest BCUT2D eigenvalue weighted by Crippen LogP contribution is -2.26. The van der Waals surface area contributed by atoms with Crippen molar-refractivity contribution in [1.82, 2.24) is 10.3 Å². The Morgan fingerprint density at radius 3 is 2.72 bits per heavy atom. The van der Waals surface area contributed by atoms with Gasteiger partial charge in [0.1, 0.15) is 0 Å². The third-order valence-electron chi connectivity index (χ3n) is 2.87. The van der Waals surface area contributed by atoms with Crippen LogP contribution in [0.2, 0.25) is 0 Å². The van der Waals surface area contributed by atoms with Gasteiger partial charge in [0.25, 0.3) is 5.91 Å². The van der Waals surface area contributed by atoms with Crippen molar-refractivity contribution in [1.29, 1.82) is 0 Å². The van der Waals surface area contributed by atoms with Gasteiger partial charge in [-0.3, -0.25) is 9.78 Å². The van der Waals surface area contributed by atoms with Crippen molar-refractivity contribution in [3.05, 3.63) is 51.5 Å². The number of aryl methyl sites for hydroxylation is 2. The van der Waals surface area contributed by atoms with Crippen molar-refractivity contribution < 1.29 is 4.79 Å². The van der Waals surface area contributed by atoms with E-state index >= 15 is 0 Å². The van der Waals surface area contributed by atoms with Gasteiger partial charge < -0.3 is 5.32 Å². The number of amides is 1. The monoisotopic (exact) mass is 260 g/mol. The van der Waals surface area contributed by atoms with E-state index in [1.165, 1.54) is 16.2 Å². The van der Waals surface area contributed by atoms with Gasteiger partial charge in [0.05, 0.1) is 16.6 Å². The van der Waals surface area contributed by atoms with Crippen LogP contribution >= 0.6 is 11.3 Å². The molecule has 0 bridgehead atoms. The van der Waals surface area contributed by atoms with Crippen LogP contribution in [-0.4, -0.2) is 10.9 Å². The molecule has 1 amide bonds. The number of nitrogens with one attached hydrogen (secondary N) is 1.